The minimum atomic E-state index is -0.231. The number of fused-ring (bicyclic) bond motifs is 2. The van der Waals surface area contributed by atoms with Crippen molar-refractivity contribution >= 4 is 50.0 Å². The molecule has 2 aromatic carbocycles. The first-order chi connectivity index (χ1) is 14.5. The van der Waals surface area contributed by atoms with Gasteiger partial charge in [0.25, 0.3) is 5.56 Å². The number of nitrogens with one attached hydrogen (secondary N) is 1. The normalized spacial score (nSPS) is 11.3. The molecule has 1 N–H and O–H groups in total. The van der Waals surface area contributed by atoms with Crippen molar-refractivity contribution in [3.05, 3.63) is 68.7 Å². The van der Waals surface area contributed by atoms with Gasteiger partial charge in [0.15, 0.2) is 0 Å². The van der Waals surface area contributed by atoms with Crippen LogP contribution in [0.25, 0.3) is 21.1 Å². The number of H-pyrrole nitrogens is 1. The number of amides is 1. The third-order valence-electron chi connectivity index (χ3n) is 4.91. The van der Waals surface area contributed by atoms with E-state index in [1.54, 1.807) is 34.4 Å². The van der Waals surface area contributed by atoms with Gasteiger partial charge in [0.2, 0.25) is 5.91 Å². The number of thiazole rings is 1. The van der Waals surface area contributed by atoms with Crippen LogP contribution >= 0.6 is 22.9 Å². The molecule has 0 aliphatic rings. The van der Waals surface area contributed by atoms with Gasteiger partial charge in [0.1, 0.15) is 5.82 Å². The number of aryl methyl sites for hydroxylation is 1. The molecule has 0 atom stereocenters. The summed E-state index contributed by atoms with van der Waals surface area (Å²) in [4.78, 5) is 38.6. The van der Waals surface area contributed by atoms with E-state index < -0.39 is 0 Å². The van der Waals surface area contributed by atoms with Crippen LogP contribution in [-0.2, 0) is 17.8 Å². The average molecular weight is 441 g/mol. The van der Waals surface area contributed by atoms with Crippen molar-refractivity contribution in [1.29, 1.82) is 0 Å². The summed E-state index contributed by atoms with van der Waals surface area (Å²) in [7, 11) is 0. The summed E-state index contributed by atoms with van der Waals surface area (Å²) in [6.07, 6.45) is 1.92. The second kappa shape index (κ2) is 8.93. The molecule has 0 saturated carbocycles. The van der Waals surface area contributed by atoms with Crippen molar-refractivity contribution in [2.24, 2.45) is 0 Å². The van der Waals surface area contributed by atoms with Gasteiger partial charge in [-0.25, -0.2) is 9.97 Å². The van der Waals surface area contributed by atoms with Gasteiger partial charge >= 0.3 is 0 Å². The van der Waals surface area contributed by atoms with Gasteiger partial charge in [0.05, 0.1) is 32.7 Å². The van der Waals surface area contributed by atoms with Crippen molar-refractivity contribution in [2.75, 3.05) is 6.54 Å². The Hall–Kier alpha value is -2.77. The minimum Gasteiger partial charge on any atom is -0.336 e. The molecule has 8 heteroatoms. The lowest BCUT2D eigenvalue weighted by Gasteiger charge is -2.20. The maximum absolute atomic E-state index is 12.7. The molecule has 0 aliphatic carbocycles. The highest BCUT2D eigenvalue weighted by molar-refractivity contribution is 7.18. The van der Waals surface area contributed by atoms with Gasteiger partial charge in [0, 0.05) is 18.0 Å². The van der Waals surface area contributed by atoms with Gasteiger partial charge in [-0.3, -0.25) is 9.59 Å². The molecule has 154 valence electrons. The first kappa shape index (κ1) is 20.5. The Morgan fingerprint density at radius 1 is 1.17 bits per heavy atom. The number of hydrogen-bond donors (Lipinski definition) is 1. The molecule has 30 heavy (non-hydrogen) atoms. The second-order valence-electron chi connectivity index (χ2n) is 7.01. The van der Waals surface area contributed by atoms with E-state index in [1.165, 1.54) is 4.70 Å². The van der Waals surface area contributed by atoms with Crippen molar-refractivity contribution in [3.8, 4) is 0 Å². The molecule has 0 aliphatic heterocycles. The summed E-state index contributed by atoms with van der Waals surface area (Å²) >= 11 is 7.69. The maximum Gasteiger partial charge on any atom is 0.258 e. The number of nitrogens with zero attached hydrogens (tertiary/aromatic N) is 3. The molecule has 2 heterocycles. The molecule has 0 fully saturated rings. The fraction of sp³-hybridized carbons (Fsp3) is 0.273. The van der Waals surface area contributed by atoms with Crippen LogP contribution in [0.5, 0.6) is 0 Å². The predicted molar refractivity (Wildman–Crippen MR) is 121 cm³/mol. The first-order valence-corrected chi connectivity index (χ1v) is 11.0. The monoisotopic (exact) mass is 440 g/mol. The van der Waals surface area contributed by atoms with E-state index in [0.29, 0.717) is 34.7 Å². The SMILES string of the molecule is CCN(Cc1nc2cc(Cl)ccc2c(=O)[nH]1)C(=O)CCCc1nc2ccccc2s1. The predicted octanol–water partition coefficient (Wildman–Crippen LogP) is 4.56. The van der Waals surface area contributed by atoms with Crippen molar-refractivity contribution in [2.45, 2.75) is 32.7 Å². The number of carbonyl (C=O) groups excluding carboxylic acids is 1. The summed E-state index contributed by atoms with van der Waals surface area (Å²) in [6, 6.07) is 13.0. The van der Waals surface area contributed by atoms with Crippen LogP contribution in [0.2, 0.25) is 5.02 Å². The number of rotatable bonds is 7. The first-order valence-electron chi connectivity index (χ1n) is 9.84. The Balaban J connectivity index is 1.40. The van der Waals surface area contributed by atoms with Crippen LogP contribution in [0.4, 0.5) is 0 Å². The highest BCUT2D eigenvalue weighted by Crippen LogP contribution is 2.23. The summed E-state index contributed by atoms with van der Waals surface area (Å²) in [5.41, 5.74) is 1.30. The van der Waals surface area contributed by atoms with E-state index in [0.717, 1.165) is 23.4 Å². The lowest BCUT2D eigenvalue weighted by Crippen LogP contribution is -2.31. The van der Waals surface area contributed by atoms with Crippen LogP contribution < -0.4 is 5.56 Å². The van der Waals surface area contributed by atoms with E-state index >= 15 is 0 Å². The molecule has 0 spiro atoms. The second-order valence-corrected chi connectivity index (χ2v) is 8.56. The highest BCUT2D eigenvalue weighted by Gasteiger charge is 2.15. The molecule has 6 nitrogen and oxygen atoms in total. The highest BCUT2D eigenvalue weighted by atomic mass is 35.5. The number of hydrogen-bond acceptors (Lipinski definition) is 5. The summed E-state index contributed by atoms with van der Waals surface area (Å²) in [6.45, 7) is 2.72. The molecule has 2 aromatic heterocycles. The molecule has 1 amide bonds. The number of aromatic amines is 1. The molecule has 0 bridgehead atoms. The van der Waals surface area contributed by atoms with Crippen LogP contribution in [0, 0.1) is 0 Å². The number of para-hydroxylation sites is 1. The topological polar surface area (TPSA) is 79.0 Å². The molecule has 0 radical (unpaired) electrons. The van der Waals surface area contributed by atoms with E-state index in [9.17, 15) is 9.59 Å². The Bertz CT molecular complexity index is 1230. The Morgan fingerprint density at radius 2 is 2.00 bits per heavy atom. The van der Waals surface area contributed by atoms with E-state index in [2.05, 4.69) is 21.0 Å². The number of benzene rings is 2. The third kappa shape index (κ3) is 4.52. The molecule has 4 aromatic rings. The Kier molecular flexibility index (Phi) is 6.11. The molecule has 0 saturated heterocycles. The molecule has 4 rings (SSSR count). The quantitative estimate of drug-likeness (QED) is 0.457. The summed E-state index contributed by atoms with van der Waals surface area (Å²) in [5, 5.41) is 2.04. The number of carbonyl (C=O) groups is 1. The number of aromatic nitrogens is 3. The Morgan fingerprint density at radius 3 is 2.80 bits per heavy atom. The van der Waals surface area contributed by atoms with Gasteiger partial charge in [-0.15, -0.1) is 11.3 Å². The lowest BCUT2D eigenvalue weighted by molar-refractivity contribution is -0.131. The standard InChI is InChI=1S/C22H21ClN4O2S/c1-2-27(13-19-24-17-12-14(23)10-11-15(17)22(29)26-19)21(28)9-5-8-20-25-16-6-3-4-7-18(16)30-20/h3-4,6-7,10-12H,2,5,8-9,13H2,1H3,(H,24,26,29). The number of halogens is 1. The lowest BCUT2D eigenvalue weighted by atomic mass is 10.2. The minimum absolute atomic E-state index is 0.0347. The van der Waals surface area contributed by atoms with E-state index in [1.807, 2.05) is 25.1 Å². The maximum atomic E-state index is 12.7. The largest absolute Gasteiger partial charge is 0.336 e. The van der Waals surface area contributed by atoms with Gasteiger partial charge in [-0.05, 0) is 50.1 Å². The van der Waals surface area contributed by atoms with Crippen molar-refractivity contribution in [1.82, 2.24) is 19.9 Å². The summed E-state index contributed by atoms with van der Waals surface area (Å²) in [5.74, 6) is 0.489. The van der Waals surface area contributed by atoms with Crippen LogP contribution in [0.15, 0.2) is 47.3 Å². The van der Waals surface area contributed by atoms with E-state index in [4.69, 9.17) is 11.6 Å². The summed E-state index contributed by atoms with van der Waals surface area (Å²) < 4.78 is 1.17. The van der Waals surface area contributed by atoms with Crippen molar-refractivity contribution < 1.29 is 4.79 Å². The van der Waals surface area contributed by atoms with Crippen LogP contribution in [0.3, 0.4) is 0 Å². The third-order valence-corrected chi connectivity index (χ3v) is 6.24. The molecule has 0 unspecified atom stereocenters. The molecular weight excluding hydrogens is 420 g/mol. The van der Waals surface area contributed by atoms with Gasteiger partial charge in [-0.1, -0.05) is 23.7 Å². The van der Waals surface area contributed by atoms with Crippen LogP contribution in [0.1, 0.15) is 30.6 Å². The fourth-order valence-corrected chi connectivity index (χ4v) is 4.54. The fourth-order valence-electron chi connectivity index (χ4n) is 3.37. The zero-order valence-corrected chi connectivity index (χ0v) is 18.1. The van der Waals surface area contributed by atoms with Gasteiger partial charge in [-0.2, -0.15) is 0 Å². The zero-order chi connectivity index (χ0) is 21.1. The zero-order valence-electron chi connectivity index (χ0n) is 16.5. The molecular formula is C22H21ClN4O2S. The van der Waals surface area contributed by atoms with Crippen molar-refractivity contribution in [3.63, 3.8) is 0 Å². The van der Waals surface area contributed by atoms with Gasteiger partial charge < -0.3 is 9.88 Å². The average Bonchev–Trinajstić information content (AvgIpc) is 3.14. The smallest absolute Gasteiger partial charge is 0.258 e. The Labute approximate surface area is 182 Å². The van der Waals surface area contributed by atoms with E-state index in [-0.39, 0.29) is 18.0 Å². The van der Waals surface area contributed by atoms with Crippen LogP contribution in [-0.4, -0.2) is 32.3 Å².